The van der Waals surface area contributed by atoms with E-state index in [0.717, 1.165) is 16.9 Å². The maximum absolute atomic E-state index is 13.2. The van der Waals surface area contributed by atoms with Gasteiger partial charge in [0.25, 0.3) is 5.91 Å². The predicted octanol–water partition coefficient (Wildman–Crippen LogP) is 3.61. The number of imide groups is 1. The first kappa shape index (κ1) is 19.2. The van der Waals surface area contributed by atoms with Gasteiger partial charge in [-0.3, -0.25) is 14.5 Å². The van der Waals surface area contributed by atoms with Gasteiger partial charge in [-0.05, 0) is 24.0 Å². The minimum atomic E-state index is -1.16. The molecule has 6 nitrogen and oxygen atoms in total. The molecule has 2 aliphatic rings. The summed E-state index contributed by atoms with van der Waals surface area (Å²) in [5.74, 6) is 0.337. The number of carbonyl (C=O) groups is 3. The highest BCUT2D eigenvalue weighted by Crippen LogP contribution is 2.40. The molecule has 150 valence electrons. The summed E-state index contributed by atoms with van der Waals surface area (Å²) < 4.78 is 5.63. The number of ether oxygens (including phenoxy) is 1. The predicted molar refractivity (Wildman–Crippen MR) is 108 cm³/mol. The zero-order chi connectivity index (χ0) is 20.6. The van der Waals surface area contributed by atoms with Crippen LogP contribution >= 0.6 is 0 Å². The molecule has 1 fully saturated rings. The Kier molecular flexibility index (Phi) is 4.86. The van der Waals surface area contributed by atoms with Crippen LogP contribution in [0.4, 0.5) is 4.79 Å². The van der Waals surface area contributed by atoms with Gasteiger partial charge in [0.1, 0.15) is 5.75 Å². The Morgan fingerprint density at radius 1 is 1.17 bits per heavy atom. The number of amides is 3. The quantitative estimate of drug-likeness (QED) is 0.623. The summed E-state index contributed by atoms with van der Waals surface area (Å²) in [6, 6.07) is 14.0. The SMILES string of the molecule is CCC(C)c1ccc(C(=O)CN2C(=O)NC3(CCOc4ccccc43)C2=O)cc1. The minimum Gasteiger partial charge on any atom is -0.493 e. The summed E-state index contributed by atoms with van der Waals surface area (Å²) >= 11 is 0. The summed E-state index contributed by atoms with van der Waals surface area (Å²) in [7, 11) is 0. The number of para-hydroxylation sites is 1. The van der Waals surface area contributed by atoms with Crippen molar-refractivity contribution < 1.29 is 19.1 Å². The maximum atomic E-state index is 13.2. The topological polar surface area (TPSA) is 75.7 Å². The first-order valence-electron chi connectivity index (χ1n) is 9.96. The van der Waals surface area contributed by atoms with Crippen LogP contribution in [-0.2, 0) is 10.3 Å². The summed E-state index contributed by atoms with van der Waals surface area (Å²) in [4.78, 5) is 39.6. The van der Waals surface area contributed by atoms with Crippen molar-refractivity contribution in [1.29, 1.82) is 0 Å². The smallest absolute Gasteiger partial charge is 0.325 e. The highest BCUT2D eigenvalue weighted by Gasteiger charge is 2.55. The van der Waals surface area contributed by atoms with Crippen LogP contribution in [0.3, 0.4) is 0 Å². The van der Waals surface area contributed by atoms with Gasteiger partial charge in [-0.2, -0.15) is 0 Å². The van der Waals surface area contributed by atoms with E-state index in [1.54, 1.807) is 30.3 Å². The second kappa shape index (κ2) is 7.35. The van der Waals surface area contributed by atoms with Crippen LogP contribution in [0, 0.1) is 0 Å². The van der Waals surface area contributed by atoms with Crippen LogP contribution < -0.4 is 10.1 Å². The molecule has 0 aromatic heterocycles. The Morgan fingerprint density at radius 3 is 2.62 bits per heavy atom. The molecule has 2 atom stereocenters. The number of carbonyl (C=O) groups excluding carboxylic acids is 3. The number of nitrogens with zero attached hydrogens (tertiary/aromatic N) is 1. The molecule has 4 rings (SSSR count). The second-order valence-corrected chi connectivity index (χ2v) is 7.68. The normalized spacial score (nSPS) is 21.5. The van der Waals surface area contributed by atoms with Gasteiger partial charge in [0.15, 0.2) is 11.3 Å². The van der Waals surface area contributed by atoms with Gasteiger partial charge in [-0.15, -0.1) is 0 Å². The molecule has 1 spiro atoms. The zero-order valence-corrected chi connectivity index (χ0v) is 16.6. The van der Waals surface area contributed by atoms with Crippen LogP contribution in [0.25, 0.3) is 0 Å². The standard InChI is InChI=1S/C23H24N2O4/c1-3-15(2)16-8-10-17(11-9-16)19(26)14-25-21(27)23(24-22(25)28)12-13-29-20-7-5-4-6-18(20)23/h4-11,15H,3,12-14H2,1-2H3,(H,24,28). The van der Waals surface area contributed by atoms with E-state index in [4.69, 9.17) is 4.74 Å². The van der Waals surface area contributed by atoms with Gasteiger partial charge >= 0.3 is 6.03 Å². The molecule has 2 aromatic carbocycles. The second-order valence-electron chi connectivity index (χ2n) is 7.68. The maximum Gasteiger partial charge on any atom is 0.325 e. The Balaban J connectivity index is 1.56. The molecule has 0 saturated carbocycles. The van der Waals surface area contributed by atoms with E-state index in [9.17, 15) is 14.4 Å². The minimum absolute atomic E-state index is 0.262. The number of hydrogen-bond acceptors (Lipinski definition) is 4. The number of urea groups is 1. The third-order valence-corrected chi connectivity index (χ3v) is 5.97. The molecule has 1 N–H and O–H groups in total. The molecule has 2 heterocycles. The highest BCUT2D eigenvalue weighted by atomic mass is 16.5. The average molecular weight is 392 g/mol. The van der Waals surface area contributed by atoms with Gasteiger partial charge in [-0.25, -0.2) is 4.79 Å². The molecule has 1 saturated heterocycles. The van der Waals surface area contributed by atoms with Crippen molar-refractivity contribution in [2.45, 2.75) is 38.1 Å². The first-order chi connectivity index (χ1) is 14.0. The number of hydrogen-bond donors (Lipinski definition) is 1. The average Bonchev–Trinajstić information content (AvgIpc) is 2.98. The number of rotatable bonds is 5. The monoisotopic (exact) mass is 392 g/mol. The Hall–Kier alpha value is -3.15. The van der Waals surface area contributed by atoms with E-state index in [-0.39, 0.29) is 12.3 Å². The molecule has 0 bridgehead atoms. The van der Waals surface area contributed by atoms with Gasteiger partial charge in [0, 0.05) is 17.5 Å². The number of benzene rings is 2. The Labute approximate surface area is 169 Å². The van der Waals surface area contributed by atoms with Crippen molar-refractivity contribution in [2.75, 3.05) is 13.2 Å². The van der Waals surface area contributed by atoms with E-state index >= 15 is 0 Å². The number of Topliss-reactive ketones (excluding diaryl/α,β-unsaturated/α-hetero) is 1. The molecule has 6 heteroatoms. The van der Waals surface area contributed by atoms with Gasteiger partial charge in [0.05, 0.1) is 13.2 Å². The van der Waals surface area contributed by atoms with Crippen LogP contribution in [0.5, 0.6) is 5.75 Å². The van der Waals surface area contributed by atoms with Crippen LogP contribution in [0.1, 0.15) is 54.1 Å². The number of fused-ring (bicyclic) bond motifs is 2. The van der Waals surface area contributed by atoms with Crippen LogP contribution in [0.15, 0.2) is 48.5 Å². The molecule has 3 amide bonds. The summed E-state index contributed by atoms with van der Waals surface area (Å²) in [5.41, 5.74) is 1.13. The largest absolute Gasteiger partial charge is 0.493 e. The molecule has 2 unspecified atom stereocenters. The summed E-state index contributed by atoms with van der Waals surface area (Å²) in [5, 5.41) is 2.82. The van der Waals surface area contributed by atoms with Crippen molar-refractivity contribution in [3.05, 3.63) is 65.2 Å². The summed E-state index contributed by atoms with van der Waals surface area (Å²) in [6.45, 7) is 4.29. The lowest BCUT2D eigenvalue weighted by atomic mass is 9.84. The molecular weight excluding hydrogens is 368 g/mol. The Morgan fingerprint density at radius 2 is 1.90 bits per heavy atom. The molecule has 0 radical (unpaired) electrons. The van der Waals surface area contributed by atoms with Crippen molar-refractivity contribution >= 4 is 17.7 Å². The van der Waals surface area contributed by atoms with Crippen LogP contribution in [-0.4, -0.2) is 35.8 Å². The molecule has 29 heavy (non-hydrogen) atoms. The lowest BCUT2D eigenvalue weighted by molar-refractivity contribution is -0.132. The van der Waals surface area contributed by atoms with Crippen LogP contribution in [0.2, 0.25) is 0 Å². The number of nitrogens with one attached hydrogen (secondary N) is 1. The molecule has 2 aromatic rings. The zero-order valence-electron chi connectivity index (χ0n) is 16.6. The van der Waals surface area contributed by atoms with E-state index in [0.29, 0.717) is 35.8 Å². The lowest BCUT2D eigenvalue weighted by Gasteiger charge is -2.33. The van der Waals surface area contributed by atoms with E-state index in [1.807, 2.05) is 18.2 Å². The Bertz CT molecular complexity index is 969. The van der Waals surface area contributed by atoms with Crippen molar-refractivity contribution in [3.63, 3.8) is 0 Å². The van der Waals surface area contributed by atoms with Crippen molar-refractivity contribution in [3.8, 4) is 5.75 Å². The van der Waals surface area contributed by atoms with Crippen molar-refractivity contribution in [1.82, 2.24) is 10.2 Å². The fraction of sp³-hybridized carbons (Fsp3) is 0.348. The molecule has 2 aliphatic heterocycles. The fourth-order valence-corrected chi connectivity index (χ4v) is 3.98. The third kappa shape index (κ3) is 3.18. The van der Waals surface area contributed by atoms with E-state index in [2.05, 4.69) is 19.2 Å². The third-order valence-electron chi connectivity index (χ3n) is 5.97. The highest BCUT2D eigenvalue weighted by molar-refractivity contribution is 6.11. The first-order valence-corrected chi connectivity index (χ1v) is 9.96. The summed E-state index contributed by atoms with van der Waals surface area (Å²) in [6.07, 6.45) is 1.35. The lowest BCUT2D eigenvalue weighted by Crippen LogP contribution is -2.47. The van der Waals surface area contributed by atoms with Crippen molar-refractivity contribution in [2.24, 2.45) is 0 Å². The van der Waals surface area contributed by atoms with Gasteiger partial charge < -0.3 is 10.1 Å². The molecular formula is C23H24N2O4. The van der Waals surface area contributed by atoms with E-state index in [1.165, 1.54) is 0 Å². The number of ketones is 1. The van der Waals surface area contributed by atoms with Gasteiger partial charge in [0.2, 0.25) is 0 Å². The van der Waals surface area contributed by atoms with E-state index < -0.39 is 17.5 Å². The van der Waals surface area contributed by atoms with Gasteiger partial charge in [-0.1, -0.05) is 56.3 Å². The fourth-order valence-electron chi connectivity index (χ4n) is 3.98. The molecule has 0 aliphatic carbocycles.